The Labute approximate surface area is 100 Å². The van der Waals surface area contributed by atoms with Gasteiger partial charge in [0.2, 0.25) is 0 Å². The number of nitrogen functional groups attached to an aromatic ring is 4. The number of anilines is 4. The monoisotopic (exact) mass is 227 g/mol. The van der Waals surface area contributed by atoms with E-state index in [1.165, 1.54) is 0 Å². The molecule has 0 saturated heterocycles. The highest BCUT2D eigenvalue weighted by Crippen LogP contribution is 2.29. The zero-order chi connectivity index (χ0) is 12.4. The second kappa shape index (κ2) is 4.25. The summed E-state index contributed by atoms with van der Waals surface area (Å²) in [4.78, 5) is 0. The number of rotatable bonds is 2. The number of nitrogens with two attached hydrogens (primary N) is 4. The van der Waals surface area contributed by atoms with Crippen LogP contribution >= 0.6 is 0 Å². The highest BCUT2D eigenvalue weighted by atomic mass is 14.6. The zero-order valence-electron chi connectivity index (χ0n) is 9.35. The Bertz CT molecular complexity index is 459. The third kappa shape index (κ3) is 2.10. The van der Waals surface area contributed by atoms with Crippen molar-refractivity contribution >= 4 is 22.7 Å². The van der Waals surface area contributed by atoms with Crippen LogP contribution in [0.3, 0.4) is 0 Å². The number of benzene rings is 2. The molecule has 0 bridgehead atoms. The number of hydrogen-bond donors (Lipinski definition) is 4. The summed E-state index contributed by atoms with van der Waals surface area (Å²) in [6, 6.07) is 10.8. The van der Waals surface area contributed by atoms with Gasteiger partial charge in [0.1, 0.15) is 0 Å². The van der Waals surface area contributed by atoms with Crippen molar-refractivity contribution in [2.45, 2.75) is 0 Å². The first kappa shape index (κ1) is 11.1. The minimum Gasteiger partial charge on any atom is -0.398 e. The molecule has 0 spiro atoms. The Morgan fingerprint density at radius 3 is 1.18 bits per heavy atom. The molecule has 0 amide bonds. The molecule has 0 unspecified atom stereocenters. The van der Waals surface area contributed by atoms with Crippen LogP contribution in [0, 0.1) is 6.42 Å². The summed E-state index contributed by atoms with van der Waals surface area (Å²) in [5, 5.41) is 0. The maximum absolute atomic E-state index is 5.88. The van der Waals surface area contributed by atoms with E-state index < -0.39 is 0 Å². The van der Waals surface area contributed by atoms with Crippen LogP contribution in [0.2, 0.25) is 0 Å². The van der Waals surface area contributed by atoms with Crippen LogP contribution in [0.15, 0.2) is 36.4 Å². The molecule has 17 heavy (non-hydrogen) atoms. The topological polar surface area (TPSA) is 104 Å². The lowest BCUT2D eigenvalue weighted by molar-refractivity contribution is 1.43. The molecule has 87 valence electrons. The first-order chi connectivity index (χ1) is 8.09. The van der Waals surface area contributed by atoms with Crippen molar-refractivity contribution in [3.8, 4) is 0 Å². The molecule has 1 radical (unpaired) electrons. The van der Waals surface area contributed by atoms with E-state index in [0.29, 0.717) is 22.7 Å². The molecule has 2 aromatic carbocycles. The second-order valence-electron chi connectivity index (χ2n) is 3.84. The smallest absolute Gasteiger partial charge is 0.0373 e. The average molecular weight is 227 g/mol. The Kier molecular flexibility index (Phi) is 2.78. The van der Waals surface area contributed by atoms with Gasteiger partial charge in [-0.05, 0) is 24.3 Å². The fourth-order valence-corrected chi connectivity index (χ4v) is 1.68. The summed E-state index contributed by atoms with van der Waals surface area (Å²) in [7, 11) is 0. The van der Waals surface area contributed by atoms with Crippen molar-refractivity contribution in [1.29, 1.82) is 0 Å². The molecular weight excluding hydrogens is 212 g/mol. The Balaban J connectivity index is 2.45. The molecule has 0 aliphatic heterocycles. The molecule has 0 fully saturated rings. The molecular formula is C13H15N4. The maximum Gasteiger partial charge on any atom is 0.0373 e. The van der Waals surface area contributed by atoms with Crippen LogP contribution < -0.4 is 22.9 Å². The normalized spacial score (nSPS) is 10.4. The van der Waals surface area contributed by atoms with E-state index in [2.05, 4.69) is 0 Å². The van der Waals surface area contributed by atoms with Gasteiger partial charge < -0.3 is 22.9 Å². The first-order valence-corrected chi connectivity index (χ1v) is 5.22. The van der Waals surface area contributed by atoms with Crippen molar-refractivity contribution < 1.29 is 0 Å². The SMILES string of the molecule is Nc1cccc(N)c1[CH]c1c(N)cccc1N. The van der Waals surface area contributed by atoms with Crippen molar-refractivity contribution in [3.63, 3.8) is 0 Å². The van der Waals surface area contributed by atoms with Gasteiger partial charge in [-0.3, -0.25) is 0 Å². The van der Waals surface area contributed by atoms with Crippen molar-refractivity contribution in [3.05, 3.63) is 53.9 Å². The highest BCUT2D eigenvalue weighted by Gasteiger charge is 2.10. The molecule has 4 heteroatoms. The highest BCUT2D eigenvalue weighted by molar-refractivity contribution is 5.74. The van der Waals surface area contributed by atoms with Gasteiger partial charge >= 0.3 is 0 Å². The summed E-state index contributed by atoms with van der Waals surface area (Å²) >= 11 is 0. The lowest BCUT2D eigenvalue weighted by atomic mass is 9.99. The van der Waals surface area contributed by atoms with Crippen LogP contribution in [-0.4, -0.2) is 0 Å². The van der Waals surface area contributed by atoms with E-state index in [-0.39, 0.29) is 0 Å². The maximum atomic E-state index is 5.88. The van der Waals surface area contributed by atoms with E-state index >= 15 is 0 Å². The van der Waals surface area contributed by atoms with Crippen LogP contribution in [0.1, 0.15) is 11.1 Å². The molecule has 2 aromatic rings. The third-order valence-corrected chi connectivity index (χ3v) is 2.64. The lowest BCUT2D eigenvalue weighted by Gasteiger charge is -2.12. The predicted molar refractivity (Wildman–Crippen MR) is 73.0 cm³/mol. The fourth-order valence-electron chi connectivity index (χ4n) is 1.68. The van der Waals surface area contributed by atoms with Crippen molar-refractivity contribution in [1.82, 2.24) is 0 Å². The van der Waals surface area contributed by atoms with Crippen molar-refractivity contribution in [2.24, 2.45) is 0 Å². The van der Waals surface area contributed by atoms with Gasteiger partial charge in [-0.15, -0.1) is 0 Å². The van der Waals surface area contributed by atoms with E-state index in [9.17, 15) is 0 Å². The van der Waals surface area contributed by atoms with Crippen LogP contribution in [0.4, 0.5) is 22.7 Å². The van der Waals surface area contributed by atoms with Gasteiger partial charge in [0.15, 0.2) is 0 Å². The second-order valence-corrected chi connectivity index (χ2v) is 3.84. The van der Waals surface area contributed by atoms with Crippen LogP contribution in [-0.2, 0) is 0 Å². The van der Waals surface area contributed by atoms with E-state index in [4.69, 9.17) is 22.9 Å². The Hall–Kier alpha value is -2.36. The quantitative estimate of drug-likeness (QED) is 0.585. The van der Waals surface area contributed by atoms with E-state index in [1.807, 2.05) is 6.42 Å². The summed E-state index contributed by atoms with van der Waals surface area (Å²) in [5.74, 6) is 0. The van der Waals surface area contributed by atoms with Gasteiger partial charge in [0, 0.05) is 40.3 Å². The molecule has 0 saturated carbocycles. The fraction of sp³-hybridized carbons (Fsp3) is 0. The Morgan fingerprint density at radius 1 is 0.588 bits per heavy atom. The number of hydrogen-bond acceptors (Lipinski definition) is 4. The van der Waals surface area contributed by atoms with Crippen molar-refractivity contribution in [2.75, 3.05) is 22.9 Å². The molecule has 2 rings (SSSR count). The lowest BCUT2D eigenvalue weighted by Crippen LogP contribution is -2.03. The van der Waals surface area contributed by atoms with Gasteiger partial charge in [-0.2, -0.15) is 0 Å². The molecule has 8 N–H and O–H groups in total. The van der Waals surface area contributed by atoms with Gasteiger partial charge in [0.05, 0.1) is 0 Å². The standard InChI is InChI=1S/C13H15N4/c14-10-3-1-4-11(15)8(10)7-9-12(16)5-2-6-13(9)17/h1-7H,14-17H2. The van der Waals surface area contributed by atoms with Crippen LogP contribution in [0.5, 0.6) is 0 Å². The molecule has 0 heterocycles. The van der Waals surface area contributed by atoms with E-state index in [0.717, 1.165) is 11.1 Å². The van der Waals surface area contributed by atoms with Gasteiger partial charge in [-0.25, -0.2) is 0 Å². The first-order valence-electron chi connectivity index (χ1n) is 5.22. The summed E-state index contributed by atoms with van der Waals surface area (Å²) in [6.45, 7) is 0. The Morgan fingerprint density at radius 2 is 0.882 bits per heavy atom. The minimum atomic E-state index is 0.604. The average Bonchev–Trinajstić information content (AvgIpc) is 2.27. The van der Waals surface area contributed by atoms with Gasteiger partial charge in [-0.1, -0.05) is 12.1 Å². The van der Waals surface area contributed by atoms with E-state index in [1.54, 1.807) is 36.4 Å². The molecule has 0 aromatic heterocycles. The zero-order valence-corrected chi connectivity index (χ0v) is 9.35. The third-order valence-electron chi connectivity index (χ3n) is 2.64. The predicted octanol–water partition coefficient (Wildman–Crippen LogP) is 1.62. The molecule has 0 atom stereocenters. The van der Waals surface area contributed by atoms with Gasteiger partial charge in [0.25, 0.3) is 0 Å². The largest absolute Gasteiger partial charge is 0.398 e. The summed E-state index contributed by atoms with van der Waals surface area (Å²) in [6.07, 6.45) is 1.81. The molecule has 0 aliphatic rings. The summed E-state index contributed by atoms with van der Waals surface area (Å²) < 4.78 is 0. The van der Waals surface area contributed by atoms with Crippen LogP contribution in [0.25, 0.3) is 0 Å². The summed E-state index contributed by atoms with van der Waals surface area (Å²) in [5.41, 5.74) is 27.4. The molecule has 4 nitrogen and oxygen atoms in total. The minimum absolute atomic E-state index is 0.604. The molecule has 0 aliphatic carbocycles.